The Kier molecular flexibility index (Phi) is 4.65. The molecule has 0 saturated carbocycles. The van der Waals surface area contributed by atoms with E-state index in [2.05, 4.69) is 10.5 Å². The number of carbonyl (C=O) groups excluding carboxylic acids is 1. The van der Waals surface area contributed by atoms with Gasteiger partial charge in [-0.1, -0.05) is 17.3 Å². The van der Waals surface area contributed by atoms with Gasteiger partial charge in [0.15, 0.2) is 5.76 Å². The zero-order valence-corrected chi connectivity index (χ0v) is 12.6. The molecule has 0 aliphatic heterocycles. The van der Waals surface area contributed by atoms with Crippen LogP contribution in [0.4, 0.5) is 8.78 Å². The normalized spacial score (nSPS) is 10.6. The summed E-state index contributed by atoms with van der Waals surface area (Å²) in [5, 5.41) is 6.41. The molecule has 0 unspecified atom stereocenters. The molecule has 3 rings (SSSR count). The summed E-state index contributed by atoms with van der Waals surface area (Å²) in [7, 11) is 0. The van der Waals surface area contributed by atoms with Gasteiger partial charge in [0.25, 0.3) is 5.91 Å². The lowest BCUT2D eigenvalue weighted by Crippen LogP contribution is -2.25. The lowest BCUT2D eigenvalue weighted by atomic mass is 10.1. The van der Waals surface area contributed by atoms with Crippen LogP contribution in [-0.4, -0.2) is 17.6 Å². The average Bonchev–Trinajstić information content (AvgIpc) is 3.07. The number of benzene rings is 2. The van der Waals surface area contributed by atoms with Crippen molar-refractivity contribution in [3.05, 3.63) is 77.5 Å². The van der Waals surface area contributed by atoms with Gasteiger partial charge in [-0.25, -0.2) is 8.78 Å². The summed E-state index contributed by atoms with van der Waals surface area (Å²) in [5.41, 5.74) is 1.76. The average molecular weight is 328 g/mol. The van der Waals surface area contributed by atoms with Crippen LogP contribution in [0.1, 0.15) is 15.9 Å². The van der Waals surface area contributed by atoms with Gasteiger partial charge in [-0.2, -0.15) is 0 Å². The van der Waals surface area contributed by atoms with Gasteiger partial charge in [-0.3, -0.25) is 4.79 Å². The van der Waals surface area contributed by atoms with E-state index in [1.165, 1.54) is 42.6 Å². The molecule has 1 aromatic heterocycles. The van der Waals surface area contributed by atoms with E-state index >= 15 is 0 Å². The molecule has 0 saturated heterocycles. The Morgan fingerprint density at radius 2 is 1.62 bits per heavy atom. The molecule has 0 aliphatic rings. The van der Waals surface area contributed by atoms with Crippen LogP contribution in [0.15, 0.2) is 59.3 Å². The molecule has 122 valence electrons. The number of halogens is 2. The first-order valence-electron chi connectivity index (χ1n) is 7.37. The second-order valence-corrected chi connectivity index (χ2v) is 5.21. The number of nitrogens with zero attached hydrogens (tertiary/aromatic N) is 1. The largest absolute Gasteiger partial charge is 0.355 e. The van der Waals surface area contributed by atoms with Crippen molar-refractivity contribution < 1.29 is 18.1 Å². The summed E-state index contributed by atoms with van der Waals surface area (Å²) >= 11 is 0. The number of nitrogens with one attached hydrogen (secondary N) is 1. The molecule has 0 fully saturated rings. The van der Waals surface area contributed by atoms with Gasteiger partial charge < -0.3 is 9.84 Å². The third kappa shape index (κ3) is 3.65. The highest BCUT2D eigenvalue weighted by molar-refractivity contribution is 5.99. The summed E-state index contributed by atoms with van der Waals surface area (Å²) < 4.78 is 30.9. The van der Waals surface area contributed by atoms with E-state index in [1.54, 1.807) is 12.1 Å². The highest BCUT2D eigenvalue weighted by atomic mass is 19.1. The first-order chi connectivity index (χ1) is 11.6. The van der Waals surface area contributed by atoms with E-state index in [9.17, 15) is 13.6 Å². The second-order valence-electron chi connectivity index (χ2n) is 5.21. The van der Waals surface area contributed by atoms with Crippen LogP contribution in [-0.2, 0) is 6.42 Å². The Hall–Kier alpha value is -3.02. The molecule has 4 nitrogen and oxygen atoms in total. The monoisotopic (exact) mass is 328 g/mol. The van der Waals surface area contributed by atoms with Crippen molar-refractivity contribution in [3.63, 3.8) is 0 Å². The molecule has 0 atom stereocenters. The van der Waals surface area contributed by atoms with Crippen molar-refractivity contribution in [1.82, 2.24) is 10.5 Å². The van der Waals surface area contributed by atoms with Crippen LogP contribution in [0.2, 0.25) is 0 Å². The third-order valence-electron chi connectivity index (χ3n) is 3.53. The van der Waals surface area contributed by atoms with Crippen molar-refractivity contribution >= 4 is 5.91 Å². The van der Waals surface area contributed by atoms with Gasteiger partial charge in [-0.15, -0.1) is 0 Å². The minimum atomic E-state index is -0.372. The Labute approximate surface area is 137 Å². The highest BCUT2D eigenvalue weighted by Gasteiger charge is 2.17. The van der Waals surface area contributed by atoms with Crippen molar-refractivity contribution in [3.8, 4) is 11.3 Å². The molecular formula is C18H14F2N2O2. The van der Waals surface area contributed by atoms with Gasteiger partial charge in [0.05, 0.1) is 6.20 Å². The summed E-state index contributed by atoms with van der Waals surface area (Å²) in [6, 6.07) is 11.7. The van der Waals surface area contributed by atoms with Crippen LogP contribution in [0.5, 0.6) is 0 Å². The number of amides is 1. The molecule has 3 aromatic rings. The zero-order valence-electron chi connectivity index (χ0n) is 12.6. The number of aromatic nitrogens is 1. The van der Waals surface area contributed by atoms with E-state index < -0.39 is 0 Å². The van der Waals surface area contributed by atoms with Crippen molar-refractivity contribution in [1.29, 1.82) is 0 Å². The summed E-state index contributed by atoms with van der Waals surface area (Å²) in [6.45, 7) is 0.387. The van der Waals surface area contributed by atoms with Gasteiger partial charge >= 0.3 is 0 Å². The number of rotatable bonds is 5. The van der Waals surface area contributed by atoms with E-state index in [0.717, 1.165) is 5.56 Å². The first kappa shape index (κ1) is 15.9. The van der Waals surface area contributed by atoms with Crippen LogP contribution >= 0.6 is 0 Å². The van der Waals surface area contributed by atoms with E-state index in [-0.39, 0.29) is 28.9 Å². The summed E-state index contributed by atoms with van der Waals surface area (Å²) in [5.74, 6) is -0.716. The second kappa shape index (κ2) is 7.04. The summed E-state index contributed by atoms with van der Waals surface area (Å²) in [4.78, 5) is 12.3. The topological polar surface area (TPSA) is 55.1 Å². The molecule has 24 heavy (non-hydrogen) atoms. The molecule has 1 amide bonds. The Bertz CT molecular complexity index is 827. The Morgan fingerprint density at radius 3 is 2.29 bits per heavy atom. The quantitative estimate of drug-likeness (QED) is 0.779. The van der Waals surface area contributed by atoms with Crippen LogP contribution in [0.3, 0.4) is 0 Å². The standard InChI is InChI=1S/C18H14F2N2O2/c19-14-5-1-12(2-6-14)9-10-21-18(23)16-11-22-24-17(16)13-3-7-15(20)8-4-13/h1-8,11H,9-10H2,(H,21,23). The maximum atomic E-state index is 13.0. The molecule has 0 radical (unpaired) electrons. The molecular weight excluding hydrogens is 314 g/mol. The molecule has 2 aromatic carbocycles. The number of hydrogen-bond acceptors (Lipinski definition) is 3. The maximum Gasteiger partial charge on any atom is 0.256 e. The predicted octanol–water partition coefficient (Wildman–Crippen LogP) is 3.59. The predicted molar refractivity (Wildman–Crippen MR) is 84.3 cm³/mol. The Morgan fingerprint density at radius 1 is 1.00 bits per heavy atom. The minimum Gasteiger partial charge on any atom is -0.355 e. The fourth-order valence-corrected chi connectivity index (χ4v) is 2.28. The zero-order chi connectivity index (χ0) is 16.9. The molecule has 1 heterocycles. The molecule has 0 aliphatic carbocycles. The van der Waals surface area contributed by atoms with Crippen LogP contribution in [0.25, 0.3) is 11.3 Å². The lowest BCUT2D eigenvalue weighted by molar-refractivity contribution is 0.0954. The SMILES string of the molecule is O=C(NCCc1ccc(F)cc1)c1cnoc1-c1ccc(F)cc1. The molecule has 0 spiro atoms. The van der Waals surface area contributed by atoms with E-state index in [1.807, 2.05) is 0 Å². The van der Waals surface area contributed by atoms with Crippen molar-refractivity contribution in [2.24, 2.45) is 0 Å². The number of carbonyl (C=O) groups is 1. The van der Waals surface area contributed by atoms with E-state index in [4.69, 9.17) is 4.52 Å². The maximum absolute atomic E-state index is 13.0. The van der Waals surface area contributed by atoms with Crippen molar-refractivity contribution in [2.75, 3.05) is 6.54 Å². The highest BCUT2D eigenvalue weighted by Crippen LogP contribution is 2.23. The lowest BCUT2D eigenvalue weighted by Gasteiger charge is -2.05. The van der Waals surface area contributed by atoms with Crippen LogP contribution < -0.4 is 5.32 Å². The van der Waals surface area contributed by atoms with Gasteiger partial charge in [0.2, 0.25) is 0 Å². The Balaban J connectivity index is 1.64. The van der Waals surface area contributed by atoms with Gasteiger partial charge in [0, 0.05) is 12.1 Å². The molecule has 1 N–H and O–H groups in total. The smallest absolute Gasteiger partial charge is 0.256 e. The molecule has 6 heteroatoms. The number of hydrogen-bond donors (Lipinski definition) is 1. The minimum absolute atomic E-state index is 0.278. The molecule has 0 bridgehead atoms. The first-order valence-corrected chi connectivity index (χ1v) is 7.37. The van der Waals surface area contributed by atoms with E-state index in [0.29, 0.717) is 18.5 Å². The summed E-state index contributed by atoms with van der Waals surface area (Å²) in [6.07, 6.45) is 1.90. The van der Waals surface area contributed by atoms with Crippen LogP contribution in [0, 0.1) is 11.6 Å². The fourth-order valence-electron chi connectivity index (χ4n) is 2.28. The van der Waals surface area contributed by atoms with Gasteiger partial charge in [0.1, 0.15) is 17.2 Å². The van der Waals surface area contributed by atoms with Crippen molar-refractivity contribution in [2.45, 2.75) is 6.42 Å². The third-order valence-corrected chi connectivity index (χ3v) is 3.53. The fraction of sp³-hybridized carbons (Fsp3) is 0.111. The van der Waals surface area contributed by atoms with Gasteiger partial charge in [-0.05, 0) is 48.4 Å².